The topological polar surface area (TPSA) is 41.1 Å². The average molecular weight is 210 g/mol. The van der Waals surface area contributed by atoms with Crippen LogP contribution < -0.4 is 10.6 Å². The first-order valence-electron chi connectivity index (χ1n) is 6.29. The van der Waals surface area contributed by atoms with Crippen molar-refractivity contribution in [3.63, 3.8) is 0 Å². The van der Waals surface area contributed by atoms with Gasteiger partial charge < -0.3 is 10.6 Å². The van der Waals surface area contributed by atoms with Crippen molar-refractivity contribution in [2.24, 2.45) is 5.92 Å². The quantitative estimate of drug-likeness (QED) is 0.724. The van der Waals surface area contributed by atoms with Crippen molar-refractivity contribution in [2.75, 3.05) is 6.54 Å². The zero-order valence-electron chi connectivity index (χ0n) is 9.59. The molecule has 1 saturated heterocycles. The maximum absolute atomic E-state index is 11.8. The molecule has 0 radical (unpaired) electrons. The molecule has 0 aromatic carbocycles. The number of hydrogen-bond acceptors (Lipinski definition) is 2. The predicted molar refractivity (Wildman–Crippen MR) is 60.6 cm³/mol. The molecule has 15 heavy (non-hydrogen) atoms. The summed E-state index contributed by atoms with van der Waals surface area (Å²) in [7, 11) is 0. The molecule has 3 nitrogen and oxygen atoms in total. The molecule has 1 aliphatic heterocycles. The van der Waals surface area contributed by atoms with Gasteiger partial charge in [-0.15, -0.1) is 0 Å². The van der Waals surface area contributed by atoms with E-state index in [4.69, 9.17) is 0 Å². The molecule has 1 aliphatic carbocycles. The highest BCUT2D eigenvalue weighted by atomic mass is 16.2. The Labute approximate surface area is 92.0 Å². The van der Waals surface area contributed by atoms with Crippen LogP contribution in [0.25, 0.3) is 0 Å². The van der Waals surface area contributed by atoms with E-state index in [-0.39, 0.29) is 11.9 Å². The van der Waals surface area contributed by atoms with E-state index in [1.54, 1.807) is 0 Å². The van der Waals surface area contributed by atoms with E-state index in [1.807, 2.05) is 0 Å². The van der Waals surface area contributed by atoms with Gasteiger partial charge in [-0.1, -0.05) is 6.92 Å². The number of carbonyl (C=O) groups excluding carboxylic acids is 1. The molecule has 1 amide bonds. The van der Waals surface area contributed by atoms with Crippen molar-refractivity contribution in [3.05, 3.63) is 0 Å². The van der Waals surface area contributed by atoms with Crippen LogP contribution in [0.5, 0.6) is 0 Å². The van der Waals surface area contributed by atoms with Gasteiger partial charge in [0.15, 0.2) is 0 Å². The summed E-state index contributed by atoms with van der Waals surface area (Å²) in [5, 5.41) is 6.42. The van der Waals surface area contributed by atoms with E-state index < -0.39 is 0 Å². The van der Waals surface area contributed by atoms with Gasteiger partial charge in [-0.05, 0) is 51.0 Å². The fourth-order valence-corrected chi connectivity index (χ4v) is 2.61. The molecule has 1 atom stereocenters. The van der Waals surface area contributed by atoms with Crippen LogP contribution in [-0.2, 0) is 4.79 Å². The van der Waals surface area contributed by atoms with Crippen LogP contribution in [0.2, 0.25) is 0 Å². The lowest BCUT2D eigenvalue weighted by Crippen LogP contribution is -2.46. The van der Waals surface area contributed by atoms with Gasteiger partial charge in [-0.3, -0.25) is 4.79 Å². The number of hydrogen-bond donors (Lipinski definition) is 2. The van der Waals surface area contributed by atoms with Crippen molar-refractivity contribution in [2.45, 2.75) is 57.5 Å². The Bertz CT molecular complexity index is 216. The summed E-state index contributed by atoms with van der Waals surface area (Å²) in [5.74, 6) is 1.08. The number of carbonyl (C=O) groups is 1. The SMILES string of the molecule is CC1CCC(NC(=O)C2CCCN2)CC1. The molecule has 0 aromatic rings. The summed E-state index contributed by atoms with van der Waals surface area (Å²) < 4.78 is 0. The number of nitrogens with one attached hydrogen (secondary N) is 2. The second-order valence-electron chi connectivity index (χ2n) is 5.11. The number of rotatable bonds is 2. The molecule has 0 bridgehead atoms. The van der Waals surface area contributed by atoms with Gasteiger partial charge in [-0.25, -0.2) is 0 Å². The molecular weight excluding hydrogens is 188 g/mol. The average Bonchev–Trinajstić information content (AvgIpc) is 2.74. The second kappa shape index (κ2) is 4.97. The van der Waals surface area contributed by atoms with Crippen LogP contribution in [0.3, 0.4) is 0 Å². The summed E-state index contributed by atoms with van der Waals surface area (Å²) in [6.45, 7) is 3.30. The lowest BCUT2D eigenvalue weighted by atomic mass is 9.87. The Morgan fingerprint density at radius 3 is 2.53 bits per heavy atom. The highest BCUT2D eigenvalue weighted by molar-refractivity contribution is 5.82. The van der Waals surface area contributed by atoms with E-state index in [2.05, 4.69) is 17.6 Å². The molecule has 1 saturated carbocycles. The Morgan fingerprint density at radius 2 is 1.93 bits per heavy atom. The number of amides is 1. The minimum atomic E-state index is 0.0874. The molecule has 2 aliphatic rings. The van der Waals surface area contributed by atoms with E-state index in [1.165, 1.54) is 25.7 Å². The van der Waals surface area contributed by atoms with Gasteiger partial charge >= 0.3 is 0 Å². The maximum Gasteiger partial charge on any atom is 0.237 e. The first-order chi connectivity index (χ1) is 7.25. The van der Waals surface area contributed by atoms with Crippen molar-refractivity contribution < 1.29 is 4.79 Å². The van der Waals surface area contributed by atoms with Gasteiger partial charge in [0, 0.05) is 6.04 Å². The van der Waals surface area contributed by atoms with Crippen molar-refractivity contribution in [1.29, 1.82) is 0 Å². The summed E-state index contributed by atoms with van der Waals surface area (Å²) >= 11 is 0. The van der Waals surface area contributed by atoms with Crippen LogP contribution >= 0.6 is 0 Å². The van der Waals surface area contributed by atoms with Crippen LogP contribution in [0.1, 0.15) is 45.4 Å². The van der Waals surface area contributed by atoms with Gasteiger partial charge in [0.25, 0.3) is 0 Å². The Kier molecular flexibility index (Phi) is 3.62. The first-order valence-corrected chi connectivity index (χ1v) is 6.29. The van der Waals surface area contributed by atoms with E-state index >= 15 is 0 Å². The van der Waals surface area contributed by atoms with Crippen LogP contribution in [-0.4, -0.2) is 24.5 Å². The third kappa shape index (κ3) is 2.94. The van der Waals surface area contributed by atoms with E-state index in [0.717, 1.165) is 25.3 Å². The normalized spacial score (nSPS) is 36.5. The highest BCUT2D eigenvalue weighted by Crippen LogP contribution is 2.23. The lowest BCUT2D eigenvalue weighted by Gasteiger charge is -2.27. The minimum absolute atomic E-state index is 0.0874. The van der Waals surface area contributed by atoms with Crippen molar-refractivity contribution in [3.8, 4) is 0 Å². The molecule has 1 unspecified atom stereocenters. The largest absolute Gasteiger partial charge is 0.352 e. The van der Waals surface area contributed by atoms with Crippen molar-refractivity contribution in [1.82, 2.24) is 10.6 Å². The molecule has 0 spiro atoms. The fraction of sp³-hybridized carbons (Fsp3) is 0.917. The fourth-order valence-electron chi connectivity index (χ4n) is 2.61. The van der Waals surface area contributed by atoms with Gasteiger partial charge in [0.1, 0.15) is 0 Å². The molecule has 3 heteroatoms. The minimum Gasteiger partial charge on any atom is -0.352 e. The van der Waals surface area contributed by atoms with Crippen LogP contribution in [0, 0.1) is 5.92 Å². The maximum atomic E-state index is 11.8. The monoisotopic (exact) mass is 210 g/mol. The zero-order valence-corrected chi connectivity index (χ0v) is 9.59. The first kappa shape index (κ1) is 10.9. The predicted octanol–water partition coefficient (Wildman–Crippen LogP) is 1.43. The van der Waals surface area contributed by atoms with Gasteiger partial charge in [0.05, 0.1) is 6.04 Å². The molecule has 2 rings (SSSR count). The lowest BCUT2D eigenvalue weighted by molar-refractivity contribution is -0.123. The van der Waals surface area contributed by atoms with Gasteiger partial charge in [0.2, 0.25) is 5.91 Å². The molecular formula is C12H22N2O. The van der Waals surface area contributed by atoms with Gasteiger partial charge in [-0.2, -0.15) is 0 Å². The molecule has 1 heterocycles. The Balaban J connectivity index is 1.74. The standard InChI is InChI=1S/C12H22N2O/c1-9-4-6-10(7-5-9)14-12(15)11-3-2-8-13-11/h9-11,13H,2-8H2,1H3,(H,14,15). The summed E-state index contributed by atoms with van der Waals surface area (Å²) in [6, 6.07) is 0.528. The second-order valence-corrected chi connectivity index (χ2v) is 5.11. The Hall–Kier alpha value is -0.570. The highest BCUT2D eigenvalue weighted by Gasteiger charge is 2.25. The van der Waals surface area contributed by atoms with E-state index in [9.17, 15) is 4.79 Å². The van der Waals surface area contributed by atoms with E-state index in [0.29, 0.717) is 6.04 Å². The molecule has 86 valence electrons. The Morgan fingerprint density at radius 1 is 1.20 bits per heavy atom. The summed E-state index contributed by atoms with van der Waals surface area (Å²) in [6.07, 6.45) is 7.01. The zero-order chi connectivity index (χ0) is 10.7. The summed E-state index contributed by atoms with van der Waals surface area (Å²) in [4.78, 5) is 11.8. The molecule has 2 fully saturated rings. The smallest absolute Gasteiger partial charge is 0.237 e. The molecule has 2 N–H and O–H groups in total. The van der Waals surface area contributed by atoms with Crippen molar-refractivity contribution >= 4 is 5.91 Å². The third-order valence-electron chi connectivity index (χ3n) is 3.74. The van der Waals surface area contributed by atoms with Crippen LogP contribution in [0.15, 0.2) is 0 Å². The van der Waals surface area contributed by atoms with Crippen LogP contribution in [0.4, 0.5) is 0 Å². The molecule has 0 aromatic heterocycles. The summed E-state index contributed by atoms with van der Waals surface area (Å²) in [5.41, 5.74) is 0. The third-order valence-corrected chi connectivity index (χ3v) is 3.74.